The van der Waals surface area contributed by atoms with E-state index in [0.29, 0.717) is 6.04 Å². The molecule has 11 heavy (non-hydrogen) atoms. The highest BCUT2D eigenvalue weighted by molar-refractivity contribution is 5.08. The van der Waals surface area contributed by atoms with Gasteiger partial charge in [-0.2, -0.15) is 0 Å². The molecule has 0 bridgehead atoms. The number of hydrogen-bond donors (Lipinski definition) is 1. The van der Waals surface area contributed by atoms with Crippen molar-refractivity contribution in [3.63, 3.8) is 0 Å². The Kier molecular flexibility index (Phi) is 1.06. The summed E-state index contributed by atoms with van der Waals surface area (Å²) in [5.74, 6) is 0. The van der Waals surface area contributed by atoms with Crippen LogP contribution in [0.4, 0.5) is 0 Å². The largest absolute Gasteiger partial charge is 0.328 e. The molecule has 0 radical (unpaired) electrons. The van der Waals surface area contributed by atoms with Gasteiger partial charge in [-0.1, -0.05) is 0 Å². The van der Waals surface area contributed by atoms with Gasteiger partial charge in [-0.3, -0.25) is 4.90 Å². The number of hydrogen-bond acceptors (Lipinski definition) is 2. The Morgan fingerprint density at radius 1 is 1.18 bits per heavy atom. The molecule has 3 aliphatic rings. The van der Waals surface area contributed by atoms with Crippen molar-refractivity contribution in [1.29, 1.82) is 0 Å². The van der Waals surface area contributed by atoms with Gasteiger partial charge in [-0.05, 0) is 31.1 Å². The van der Waals surface area contributed by atoms with E-state index in [2.05, 4.69) is 4.90 Å². The zero-order chi connectivity index (χ0) is 7.47. The van der Waals surface area contributed by atoms with Gasteiger partial charge in [0, 0.05) is 25.2 Å². The molecule has 2 saturated carbocycles. The van der Waals surface area contributed by atoms with Crippen LogP contribution in [0.2, 0.25) is 0 Å². The highest BCUT2D eigenvalue weighted by Crippen LogP contribution is 2.54. The lowest BCUT2D eigenvalue weighted by atomic mass is 9.82. The van der Waals surface area contributed by atoms with Crippen molar-refractivity contribution >= 4 is 0 Å². The van der Waals surface area contributed by atoms with Gasteiger partial charge in [0.25, 0.3) is 0 Å². The number of nitrogens with two attached hydrogens (primary N) is 1. The molecule has 0 aromatic heterocycles. The molecule has 0 unspecified atom stereocenters. The van der Waals surface area contributed by atoms with Crippen LogP contribution in [-0.2, 0) is 0 Å². The molecule has 2 nitrogen and oxygen atoms in total. The molecule has 2 aliphatic carbocycles. The Bertz CT molecular complexity index is 172. The van der Waals surface area contributed by atoms with Crippen LogP contribution >= 0.6 is 0 Å². The van der Waals surface area contributed by atoms with Crippen LogP contribution in [0.5, 0.6) is 0 Å². The monoisotopic (exact) mass is 152 g/mol. The van der Waals surface area contributed by atoms with E-state index in [9.17, 15) is 0 Å². The first kappa shape index (κ1) is 6.44. The molecule has 0 aromatic rings. The predicted molar refractivity (Wildman–Crippen MR) is 44.2 cm³/mol. The fraction of sp³-hybridized carbons (Fsp3) is 1.00. The summed E-state index contributed by atoms with van der Waals surface area (Å²) in [6.45, 7) is 2.79. The fourth-order valence-corrected chi connectivity index (χ4v) is 2.49. The molecule has 3 rings (SSSR count). The molecular formula is C9H16N2. The van der Waals surface area contributed by atoms with E-state index in [1.165, 1.54) is 38.8 Å². The average Bonchev–Trinajstić information content (AvgIpc) is 2.55. The second-order valence-corrected chi connectivity index (χ2v) is 4.79. The van der Waals surface area contributed by atoms with Crippen molar-refractivity contribution in [3.8, 4) is 0 Å². The van der Waals surface area contributed by atoms with Gasteiger partial charge in [0.05, 0.1) is 0 Å². The Labute approximate surface area is 67.7 Å². The van der Waals surface area contributed by atoms with E-state index in [4.69, 9.17) is 5.73 Å². The first-order valence-corrected chi connectivity index (χ1v) is 4.77. The van der Waals surface area contributed by atoms with Crippen LogP contribution in [-0.4, -0.2) is 30.1 Å². The van der Waals surface area contributed by atoms with E-state index in [0.717, 1.165) is 11.5 Å². The van der Waals surface area contributed by atoms with E-state index in [1.807, 2.05) is 0 Å². The first-order valence-electron chi connectivity index (χ1n) is 4.77. The van der Waals surface area contributed by atoms with E-state index >= 15 is 0 Å². The summed E-state index contributed by atoms with van der Waals surface area (Å²) in [6, 6.07) is 1.40. The quantitative estimate of drug-likeness (QED) is 0.595. The van der Waals surface area contributed by atoms with Crippen LogP contribution in [0.1, 0.15) is 25.7 Å². The van der Waals surface area contributed by atoms with Crippen LogP contribution in [0.25, 0.3) is 0 Å². The van der Waals surface area contributed by atoms with Crippen molar-refractivity contribution in [1.82, 2.24) is 4.90 Å². The summed E-state index contributed by atoms with van der Waals surface area (Å²) in [4.78, 5) is 2.64. The molecule has 1 aliphatic heterocycles. The number of rotatable bonds is 1. The van der Waals surface area contributed by atoms with Crippen LogP contribution in [0, 0.1) is 5.41 Å². The van der Waals surface area contributed by atoms with E-state index in [-0.39, 0.29) is 0 Å². The molecule has 3 fully saturated rings. The molecule has 1 heterocycles. The minimum absolute atomic E-state index is 0.524. The number of nitrogens with zero attached hydrogens (tertiary/aromatic N) is 1. The van der Waals surface area contributed by atoms with E-state index in [1.54, 1.807) is 0 Å². The summed E-state index contributed by atoms with van der Waals surface area (Å²) >= 11 is 0. The molecule has 0 atom stereocenters. The normalized spacial score (nSPS) is 46.6. The third kappa shape index (κ3) is 0.859. The van der Waals surface area contributed by atoms with Crippen molar-refractivity contribution in [3.05, 3.63) is 0 Å². The lowest BCUT2D eigenvalue weighted by Gasteiger charge is -2.50. The van der Waals surface area contributed by atoms with Gasteiger partial charge in [-0.15, -0.1) is 0 Å². The Morgan fingerprint density at radius 3 is 2.27 bits per heavy atom. The highest BCUT2D eigenvalue weighted by atomic mass is 15.3. The SMILES string of the molecule is NC1CC(N2CC3(CC3)C2)C1. The summed E-state index contributed by atoms with van der Waals surface area (Å²) in [5, 5.41) is 0. The van der Waals surface area contributed by atoms with Crippen LogP contribution in [0.15, 0.2) is 0 Å². The maximum atomic E-state index is 5.74. The zero-order valence-electron chi connectivity index (χ0n) is 6.92. The summed E-state index contributed by atoms with van der Waals surface area (Å²) in [5.41, 5.74) is 6.58. The highest BCUT2D eigenvalue weighted by Gasteiger charge is 2.54. The lowest BCUT2D eigenvalue weighted by Crippen LogP contribution is -2.60. The second kappa shape index (κ2) is 1.80. The molecule has 0 aromatic carbocycles. The average molecular weight is 152 g/mol. The maximum absolute atomic E-state index is 5.74. The molecule has 0 amide bonds. The third-order valence-corrected chi connectivity index (χ3v) is 3.70. The Balaban J connectivity index is 1.52. The van der Waals surface area contributed by atoms with Crippen LogP contribution < -0.4 is 5.73 Å². The van der Waals surface area contributed by atoms with Crippen molar-refractivity contribution in [2.24, 2.45) is 11.1 Å². The Morgan fingerprint density at radius 2 is 1.82 bits per heavy atom. The fourth-order valence-electron chi connectivity index (χ4n) is 2.49. The van der Waals surface area contributed by atoms with Gasteiger partial charge in [0.2, 0.25) is 0 Å². The molecule has 62 valence electrons. The minimum Gasteiger partial charge on any atom is -0.328 e. The minimum atomic E-state index is 0.524. The second-order valence-electron chi connectivity index (χ2n) is 4.79. The summed E-state index contributed by atoms with van der Waals surface area (Å²) in [6.07, 6.45) is 5.52. The molecular weight excluding hydrogens is 136 g/mol. The van der Waals surface area contributed by atoms with Gasteiger partial charge in [-0.25, -0.2) is 0 Å². The standard InChI is InChI=1S/C9H16N2/c10-7-3-8(4-7)11-5-9(6-11)1-2-9/h7-8H,1-6,10H2. The Hall–Kier alpha value is -0.0800. The van der Waals surface area contributed by atoms with Gasteiger partial charge < -0.3 is 5.73 Å². The summed E-state index contributed by atoms with van der Waals surface area (Å²) < 4.78 is 0. The lowest BCUT2D eigenvalue weighted by molar-refractivity contribution is -0.00424. The number of likely N-dealkylation sites (tertiary alicyclic amines) is 1. The molecule has 1 spiro atoms. The smallest absolute Gasteiger partial charge is 0.0125 e. The van der Waals surface area contributed by atoms with Crippen molar-refractivity contribution in [2.75, 3.05) is 13.1 Å². The van der Waals surface area contributed by atoms with Crippen molar-refractivity contribution < 1.29 is 0 Å². The van der Waals surface area contributed by atoms with E-state index < -0.39 is 0 Å². The van der Waals surface area contributed by atoms with Crippen LogP contribution in [0.3, 0.4) is 0 Å². The van der Waals surface area contributed by atoms with Gasteiger partial charge in [0.15, 0.2) is 0 Å². The van der Waals surface area contributed by atoms with Crippen molar-refractivity contribution in [2.45, 2.75) is 37.8 Å². The molecule has 2 N–H and O–H groups in total. The van der Waals surface area contributed by atoms with Gasteiger partial charge >= 0.3 is 0 Å². The maximum Gasteiger partial charge on any atom is 0.0125 e. The zero-order valence-corrected chi connectivity index (χ0v) is 6.92. The topological polar surface area (TPSA) is 29.3 Å². The molecule has 2 heteroatoms. The first-order chi connectivity index (χ1) is 5.27. The predicted octanol–water partition coefficient (Wildman–Crippen LogP) is 0.572. The molecule has 1 saturated heterocycles. The third-order valence-electron chi connectivity index (χ3n) is 3.70. The van der Waals surface area contributed by atoms with Gasteiger partial charge in [0.1, 0.15) is 0 Å². The summed E-state index contributed by atoms with van der Waals surface area (Å²) in [7, 11) is 0.